The number of hydrogen-bond acceptors (Lipinski definition) is 3. The quantitative estimate of drug-likeness (QED) is 0.678. The number of aryl methyl sites for hydroxylation is 1. The van der Waals surface area contributed by atoms with Crippen LogP contribution in [0, 0.1) is 13.8 Å². The van der Waals surface area contributed by atoms with Crippen molar-refractivity contribution in [1.82, 2.24) is 4.57 Å². The van der Waals surface area contributed by atoms with E-state index < -0.39 is 0 Å². The fourth-order valence-electron chi connectivity index (χ4n) is 3.33. The van der Waals surface area contributed by atoms with Crippen molar-refractivity contribution in [1.29, 1.82) is 0 Å². The van der Waals surface area contributed by atoms with E-state index >= 15 is 0 Å². The standard InChI is InChI=1S/C22H19N3OS/c1-14-12-18(13-20-21(26)24-22(23)27-20)15(2)25(14)19-10-8-17(9-11-19)16-6-4-3-5-7-16/h3-13H,1-2H3,(H2,23,24,26). The van der Waals surface area contributed by atoms with Crippen molar-refractivity contribution in [3.05, 3.63) is 82.5 Å². The molecule has 4 nitrogen and oxygen atoms in total. The molecule has 2 N–H and O–H groups in total. The average Bonchev–Trinajstić information content (AvgIpc) is 3.13. The molecule has 134 valence electrons. The van der Waals surface area contributed by atoms with Crippen molar-refractivity contribution in [2.45, 2.75) is 13.8 Å². The summed E-state index contributed by atoms with van der Waals surface area (Å²) in [5.74, 6) is -0.269. The van der Waals surface area contributed by atoms with Gasteiger partial charge in [-0.05, 0) is 66.6 Å². The summed E-state index contributed by atoms with van der Waals surface area (Å²) in [5, 5.41) is 0.302. The van der Waals surface area contributed by atoms with Crippen LogP contribution >= 0.6 is 11.8 Å². The minimum absolute atomic E-state index is 0.269. The number of nitrogens with two attached hydrogens (primary N) is 1. The molecule has 0 aliphatic carbocycles. The van der Waals surface area contributed by atoms with Crippen LogP contribution in [-0.2, 0) is 4.79 Å². The third-order valence-electron chi connectivity index (χ3n) is 4.63. The van der Waals surface area contributed by atoms with Gasteiger partial charge in [0.15, 0.2) is 5.17 Å². The Kier molecular flexibility index (Phi) is 4.46. The molecule has 0 saturated heterocycles. The third kappa shape index (κ3) is 3.34. The van der Waals surface area contributed by atoms with Gasteiger partial charge in [-0.15, -0.1) is 0 Å². The highest BCUT2D eigenvalue weighted by Crippen LogP contribution is 2.30. The van der Waals surface area contributed by atoms with Gasteiger partial charge in [-0.1, -0.05) is 42.5 Å². The van der Waals surface area contributed by atoms with Crippen LogP contribution in [0.25, 0.3) is 22.9 Å². The lowest BCUT2D eigenvalue weighted by Crippen LogP contribution is -2.01. The summed E-state index contributed by atoms with van der Waals surface area (Å²) < 4.78 is 2.19. The Labute approximate surface area is 162 Å². The van der Waals surface area contributed by atoms with Gasteiger partial charge >= 0.3 is 0 Å². The Morgan fingerprint density at radius 1 is 1.00 bits per heavy atom. The fourth-order valence-corrected chi connectivity index (χ4v) is 4.00. The number of carbonyl (C=O) groups excluding carboxylic acids is 1. The van der Waals surface area contributed by atoms with Gasteiger partial charge in [0.25, 0.3) is 5.91 Å². The van der Waals surface area contributed by atoms with E-state index in [0.29, 0.717) is 10.1 Å². The van der Waals surface area contributed by atoms with E-state index in [2.05, 4.69) is 65.9 Å². The molecule has 0 unspecified atom stereocenters. The number of thioether (sulfide) groups is 1. The fraction of sp³-hybridized carbons (Fsp3) is 0.0909. The van der Waals surface area contributed by atoms with Crippen LogP contribution in [0.3, 0.4) is 0 Å². The summed E-state index contributed by atoms with van der Waals surface area (Å²) in [4.78, 5) is 16.2. The summed E-state index contributed by atoms with van der Waals surface area (Å²) in [5.41, 5.74) is 12.3. The molecule has 5 heteroatoms. The maximum Gasteiger partial charge on any atom is 0.286 e. The minimum atomic E-state index is -0.269. The molecule has 27 heavy (non-hydrogen) atoms. The molecule has 3 aromatic rings. The molecule has 0 spiro atoms. The van der Waals surface area contributed by atoms with Crippen molar-refractivity contribution in [3.63, 3.8) is 0 Å². The van der Waals surface area contributed by atoms with Gasteiger partial charge in [0.05, 0.1) is 4.91 Å². The molecule has 1 aliphatic rings. The van der Waals surface area contributed by atoms with E-state index in [9.17, 15) is 4.79 Å². The number of nitrogens with zero attached hydrogens (tertiary/aromatic N) is 2. The first kappa shape index (κ1) is 17.4. The Morgan fingerprint density at radius 3 is 2.30 bits per heavy atom. The summed E-state index contributed by atoms with van der Waals surface area (Å²) in [6.45, 7) is 4.12. The lowest BCUT2D eigenvalue weighted by molar-refractivity contribution is -0.113. The van der Waals surface area contributed by atoms with Crippen LogP contribution in [0.4, 0.5) is 0 Å². The smallest absolute Gasteiger partial charge is 0.286 e. The van der Waals surface area contributed by atoms with Crippen molar-refractivity contribution in [3.8, 4) is 16.8 Å². The van der Waals surface area contributed by atoms with E-state index in [1.54, 1.807) is 0 Å². The van der Waals surface area contributed by atoms with Crippen LogP contribution in [0.5, 0.6) is 0 Å². The topological polar surface area (TPSA) is 60.4 Å². The summed E-state index contributed by atoms with van der Waals surface area (Å²) >= 11 is 1.22. The summed E-state index contributed by atoms with van der Waals surface area (Å²) in [6, 6.07) is 20.9. The van der Waals surface area contributed by atoms with Crippen LogP contribution < -0.4 is 5.73 Å². The highest BCUT2D eigenvalue weighted by atomic mass is 32.2. The second-order valence-corrected chi connectivity index (χ2v) is 7.50. The third-order valence-corrected chi connectivity index (χ3v) is 5.44. The van der Waals surface area contributed by atoms with E-state index in [0.717, 1.165) is 22.6 Å². The normalized spacial score (nSPS) is 15.4. The molecule has 2 aromatic carbocycles. The van der Waals surface area contributed by atoms with E-state index in [4.69, 9.17) is 5.73 Å². The highest BCUT2D eigenvalue weighted by molar-refractivity contribution is 8.18. The van der Waals surface area contributed by atoms with Crippen LogP contribution in [-0.4, -0.2) is 15.6 Å². The van der Waals surface area contributed by atoms with Gasteiger partial charge in [0.2, 0.25) is 0 Å². The lowest BCUT2D eigenvalue weighted by atomic mass is 10.1. The van der Waals surface area contributed by atoms with Crippen LogP contribution in [0.15, 0.2) is 70.6 Å². The number of aromatic nitrogens is 1. The SMILES string of the molecule is Cc1cc(C=C2SC(N)=NC2=O)c(C)n1-c1ccc(-c2ccccc2)cc1. The monoisotopic (exact) mass is 373 g/mol. The molecule has 0 radical (unpaired) electrons. The van der Waals surface area contributed by atoms with Gasteiger partial charge in [-0.2, -0.15) is 4.99 Å². The Morgan fingerprint density at radius 2 is 1.67 bits per heavy atom. The number of rotatable bonds is 3. The van der Waals surface area contributed by atoms with Gasteiger partial charge in [0, 0.05) is 17.1 Å². The van der Waals surface area contributed by atoms with E-state index in [1.165, 1.54) is 22.9 Å². The molecule has 1 amide bonds. The Hall–Kier alpha value is -3.05. The highest BCUT2D eigenvalue weighted by Gasteiger charge is 2.20. The van der Waals surface area contributed by atoms with Crippen LogP contribution in [0.2, 0.25) is 0 Å². The maximum atomic E-state index is 11.9. The average molecular weight is 373 g/mol. The first-order valence-electron chi connectivity index (χ1n) is 8.66. The molecule has 1 aliphatic heterocycles. The number of aliphatic imine (C=N–C) groups is 1. The zero-order valence-corrected chi connectivity index (χ0v) is 16.0. The molecule has 0 atom stereocenters. The largest absolute Gasteiger partial charge is 0.378 e. The second kappa shape index (κ2) is 6.93. The summed E-state index contributed by atoms with van der Waals surface area (Å²) in [6.07, 6.45) is 1.87. The van der Waals surface area contributed by atoms with Gasteiger partial charge in [-0.25, -0.2) is 0 Å². The maximum absolute atomic E-state index is 11.9. The number of hydrogen-bond donors (Lipinski definition) is 1. The van der Waals surface area contributed by atoms with E-state index in [1.807, 2.05) is 24.3 Å². The zero-order chi connectivity index (χ0) is 19.0. The second-order valence-electron chi connectivity index (χ2n) is 6.44. The van der Waals surface area contributed by atoms with Crippen LogP contribution in [0.1, 0.15) is 17.0 Å². The molecular formula is C22H19N3OS. The molecule has 0 saturated carbocycles. The molecule has 0 bridgehead atoms. The predicted molar refractivity (Wildman–Crippen MR) is 113 cm³/mol. The van der Waals surface area contributed by atoms with Gasteiger partial charge in [-0.3, -0.25) is 4.79 Å². The number of amides is 1. The lowest BCUT2D eigenvalue weighted by Gasteiger charge is -2.11. The molecule has 1 aromatic heterocycles. The number of benzene rings is 2. The molecular weight excluding hydrogens is 354 g/mol. The van der Waals surface area contributed by atoms with Crippen molar-refractivity contribution < 1.29 is 4.79 Å². The van der Waals surface area contributed by atoms with E-state index in [-0.39, 0.29) is 5.91 Å². The first-order chi connectivity index (χ1) is 13.0. The van der Waals surface area contributed by atoms with Crippen molar-refractivity contribution in [2.75, 3.05) is 0 Å². The zero-order valence-electron chi connectivity index (χ0n) is 15.1. The van der Waals surface area contributed by atoms with Gasteiger partial charge < -0.3 is 10.3 Å². The van der Waals surface area contributed by atoms with Crippen molar-refractivity contribution in [2.24, 2.45) is 10.7 Å². The predicted octanol–water partition coefficient (Wildman–Crippen LogP) is 4.69. The Balaban J connectivity index is 1.68. The number of carbonyl (C=O) groups is 1. The molecule has 0 fully saturated rings. The van der Waals surface area contributed by atoms with Crippen molar-refractivity contribution >= 4 is 28.9 Å². The Bertz CT molecular complexity index is 1080. The minimum Gasteiger partial charge on any atom is -0.378 e. The number of amidine groups is 1. The van der Waals surface area contributed by atoms with Gasteiger partial charge in [0.1, 0.15) is 0 Å². The molecule has 4 rings (SSSR count). The first-order valence-corrected chi connectivity index (χ1v) is 9.47. The summed E-state index contributed by atoms with van der Waals surface area (Å²) in [7, 11) is 0. The molecule has 2 heterocycles.